The second-order valence-corrected chi connectivity index (χ2v) is 12.3. The van der Waals surface area contributed by atoms with Crippen molar-refractivity contribution >= 4 is 51.1 Å². The fourth-order valence-corrected chi connectivity index (χ4v) is 6.27. The van der Waals surface area contributed by atoms with E-state index in [-0.39, 0.29) is 18.1 Å². The number of hydrogen-bond acceptors (Lipinski definition) is 9. The molecule has 1 aliphatic rings. The quantitative estimate of drug-likeness (QED) is 0.251. The zero-order valence-corrected chi connectivity index (χ0v) is 24.4. The van der Waals surface area contributed by atoms with E-state index in [1.807, 2.05) is 71.1 Å². The number of thiazole rings is 1. The molecule has 0 aliphatic heterocycles. The molecule has 2 aromatic heterocycles. The van der Waals surface area contributed by atoms with Crippen molar-refractivity contribution in [2.24, 2.45) is 11.8 Å². The van der Waals surface area contributed by atoms with Crippen LogP contribution in [0.4, 0.5) is 16.6 Å². The molecule has 1 fully saturated rings. The highest BCUT2D eigenvalue weighted by atomic mass is 35.5. The first kappa shape index (κ1) is 27.4. The largest absolute Gasteiger partial charge is 0.509 e. The Morgan fingerprint density at radius 2 is 1.86 bits per heavy atom. The predicted molar refractivity (Wildman–Crippen MR) is 151 cm³/mol. The average Bonchev–Trinajstić information content (AvgIpc) is 3.37. The van der Waals surface area contributed by atoms with Crippen molar-refractivity contribution in [3.8, 4) is 10.6 Å². The van der Waals surface area contributed by atoms with Crippen LogP contribution in [0.2, 0.25) is 5.15 Å². The third-order valence-corrected chi connectivity index (χ3v) is 8.23. The minimum Gasteiger partial charge on any atom is -0.429 e. The molecule has 0 spiro atoms. The SMILES string of the molecule is CCC1CC(N(C)c2nc(N(C)C)nc(Cl)c2-c2nc3ccccc3s2)C(OC(=O)OC(C)(C)C)C1C. The molecule has 1 aromatic carbocycles. The zero-order valence-electron chi connectivity index (χ0n) is 22.8. The van der Waals surface area contributed by atoms with Crippen LogP contribution in [0.25, 0.3) is 20.8 Å². The van der Waals surface area contributed by atoms with Gasteiger partial charge in [-0.3, -0.25) is 0 Å². The van der Waals surface area contributed by atoms with Crippen molar-refractivity contribution in [2.45, 2.75) is 65.2 Å². The number of nitrogens with zero attached hydrogens (tertiary/aromatic N) is 5. The van der Waals surface area contributed by atoms with Crippen LogP contribution in [0.15, 0.2) is 24.3 Å². The summed E-state index contributed by atoms with van der Waals surface area (Å²) >= 11 is 8.38. The van der Waals surface area contributed by atoms with Crippen molar-refractivity contribution < 1.29 is 14.3 Å². The van der Waals surface area contributed by atoms with E-state index in [2.05, 4.69) is 23.7 Å². The maximum absolute atomic E-state index is 12.7. The summed E-state index contributed by atoms with van der Waals surface area (Å²) in [5, 5.41) is 1.09. The first-order valence-electron chi connectivity index (χ1n) is 12.6. The number of hydrogen-bond donors (Lipinski definition) is 0. The minimum atomic E-state index is -0.652. The van der Waals surface area contributed by atoms with Crippen LogP contribution in [0.5, 0.6) is 0 Å². The van der Waals surface area contributed by atoms with Gasteiger partial charge in [0.25, 0.3) is 0 Å². The average molecular weight is 546 g/mol. The molecule has 4 atom stereocenters. The second-order valence-electron chi connectivity index (χ2n) is 10.9. The van der Waals surface area contributed by atoms with Crippen molar-refractivity contribution in [1.82, 2.24) is 15.0 Å². The Hall–Kier alpha value is -2.65. The second kappa shape index (κ2) is 10.6. The van der Waals surface area contributed by atoms with Gasteiger partial charge in [-0.25, -0.2) is 14.8 Å². The normalized spacial score (nSPS) is 21.8. The first-order chi connectivity index (χ1) is 17.4. The van der Waals surface area contributed by atoms with Gasteiger partial charge in [-0.15, -0.1) is 11.3 Å². The van der Waals surface area contributed by atoms with E-state index in [0.717, 1.165) is 28.1 Å². The molecule has 10 heteroatoms. The van der Waals surface area contributed by atoms with E-state index in [4.69, 9.17) is 31.0 Å². The van der Waals surface area contributed by atoms with Crippen LogP contribution in [0.3, 0.4) is 0 Å². The number of aromatic nitrogens is 3. The number of fused-ring (bicyclic) bond motifs is 1. The van der Waals surface area contributed by atoms with E-state index in [1.165, 1.54) is 0 Å². The van der Waals surface area contributed by atoms with E-state index >= 15 is 0 Å². The summed E-state index contributed by atoms with van der Waals surface area (Å²) in [7, 11) is 5.74. The summed E-state index contributed by atoms with van der Waals surface area (Å²) in [5.41, 5.74) is 0.945. The lowest BCUT2D eigenvalue weighted by atomic mass is 9.95. The Balaban J connectivity index is 1.78. The molecule has 37 heavy (non-hydrogen) atoms. The monoisotopic (exact) mass is 545 g/mol. The lowest BCUT2D eigenvalue weighted by Crippen LogP contribution is -2.43. The summed E-state index contributed by atoms with van der Waals surface area (Å²) in [5.74, 6) is 1.70. The molecule has 200 valence electrons. The lowest BCUT2D eigenvalue weighted by molar-refractivity contribution is -0.0379. The van der Waals surface area contributed by atoms with Crippen LogP contribution >= 0.6 is 22.9 Å². The van der Waals surface area contributed by atoms with Crippen LogP contribution in [-0.2, 0) is 9.47 Å². The standard InChI is InChI=1S/C27H36ClN5O3S/c1-9-16-14-18(21(15(16)2)35-26(34)36-27(3,4)5)33(8)23-20(22(28)30-25(31-23)32(6)7)24-29-17-12-10-11-13-19(17)37-24/h10-13,15-16,18,21H,9,14H2,1-8H3. The molecule has 0 radical (unpaired) electrons. The van der Waals surface area contributed by atoms with Crippen molar-refractivity contribution in [3.63, 3.8) is 0 Å². The Morgan fingerprint density at radius 3 is 2.49 bits per heavy atom. The Labute approximate surface area is 228 Å². The maximum Gasteiger partial charge on any atom is 0.509 e. The molecule has 0 amide bonds. The predicted octanol–water partition coefficient (Wildman–Crippen LogP) is 6.66. The van der Waals surface area contributed by atoms with Crippen molar-refractivity contribution in [3.05, 3.63) is 29.4 Å². The summed E-state index contributed by atoms with van der Waals surface area (Å²) in [6, 6.07) is 7.86. The van der Waals surface area contributed by atoms with E-state index in [1.54, 1.807) is 11.3 Å². The van der Waals surface area contributed by atoms with Crippen LogP contribution in [-0.4, -0.2) is 60.0 Å². The van der Waals surface area contributed by atoms with Crippen LogP contribution in [0, 0.1) is 11.8 Å². The first-order valence-corrected chi connectivity index (χ1v) is 13.8. The van der Waals surface area contributed by atoms with Gasteiger partial charge >= 0.3 is 6.16 Å². The van der Waals surface area contributed by atoms with Gasteiger partial charge in [0, 0.05) is 21.1 Å². The molecular formula is C27H36ClN5O3S. The molecule has 0 bridgehead atoms. The number of benzene rings is 1. The Bertz CT molecular complexity index is 1240. The molecule has 8 nitrogen and oxygen atoms in total. The van der Waals surface area contributed by atoms with Gasteiger partial charge in [0.2, 0.25) is 5.95 Å². The Kier molecular flexibility index (Phi) is 7.85. The smallest absolute Gasteiger partial charge is 0.429 e. The minimum absolute atomic E-state index is 0.124. The molecule has 2 heterocycles. The fourth-order valence-electron chi connectivity index (χ4n) is 4.95. The number of rotatable bonds is 6. The van der Waals surface area contributed by atoms with Crippen molar-refractivity contribution in [1.29, 1.82) is 0 Å². The molecule has 3 aromatic rings. The van der Waals surface area contributed by atoms with Gasteiger partial charge in [-0.05, 0) is 51.2 Å². The Morgan fingerprint density at radius 1 is 1.16 bits per heavy atom. The van der Waals surface area contributed by atoms with E-state index in [9.17, 15) is 4.79 Å². The molecule has 4 rings (SSSR count). The highest BCUT2D eigenvalue weighted by Crippen LogP contribution is 2.44. The molecule has 1 saturated carbocycles. The van der Waals surface area contributed by atoms with Gasteiger partial charge in [0.1, 0.15) is 27.7 Å². The zero-order chi connectivity index (χ0) is 27.1. The van der Waals surface area contributed by atoms with Gasteiger partial charge in [-0.2, -0.15) is 4.98 Å². The molecule has 0 N–H and O–H groups in total. The lowest BCUT2D eigenvalue weighted by Gasteiger charge is -2.33. The highest BCUT2D eigenvalue weighted by Gasteiger charge is 2.46. The maximum atomic E-state index is 12.7. The number of ether oxygens (including phenoxy) is 2. The van der Waals surface area contributed by atoms with Gasteiger partial charge in [-0.1, -0.05) is 44.0 Å². The number of carbonyl (C=O) groups excluding carboxylic acids is 1. The molecule has 1 aliphatic carbocycles. The summed E-state index contributed by atoms with van der Waals surface area (Å²) in [6.45, 7) is 9.82. The number of para-hydroxylation sites is 1. The number of likely N-dealkylation sites (N-methyl/N-ethyl adjacent to an activating group) is 1. The van der Waals surface area contributed by atoms with Gasteiger partial charge in [0.05, 0.1) is 21.8 Å². The molecule has 4 unspecified atom stereocenters. The highest BCUT2D eigenvalue weighted by molar-refractivity contribution is 7.21. The van der Waals surface area contributed by atoms with Crippen molar-refractivity contribution in [2.75, 3.05) is 30.9 Å². The van der Waals surface area contributed by atoms with E-state index in [0.29, 0.717) is 28.4 Å². The third kappa shape index (κ3) is 5.77. The summed E-state index contributed by atoms with van der Waals surface area (Å²) < 4.78 is 12.6. The number of carbonyl (C=O) groups is 1. The van der Waals surface area contributed by atoms with Crippen LogP contribution in [0.1, 0.15) is 47.5 Å². The fraction of sp³-hybridized carbons (Fsp3) is 0.556. The molecule has 0 saturated heterocycles. The topological polar surface area (TPSA) is 80.7 Å². The third-order valence-electron chi connectivity index (χ3n) is 6.90. The van der Waals surface area contributed by atoms with Crippen LogP contribution < -0.4 is 9.80 Å². The summed E-state index contributed by atoms with van der Waals surface area (Å²) in [6.07, 6.45) is 0.808. The number of anilines is 2. The molecular weight excluding hydrogens is 510 g/mol. The van der Waals surface area contributed by atoms with E-state index < -0.39 is 11.8 Å². The van der Waals surface area contributed by atoms with Gasteiger partial charge in [0.15, 0.2) is 0 Å². The summed E-state index contributed by atoms with van der Waals surface area (Å²) in [4.78, 5) is 31.0. The van der Waals surface area contributed by atoms with Gasteiger partial charge < -0.3 is 19.3 Å². The number of halogens is 1.